The molecule has 1 aromatic rings. The SMILES string of the molecule is COc1cccc(C(=O)O)c1OCC1CCCC1. The molecule has 0 saturated heterocycles. The van der Waals surface area contributed by atoms with E-state index in [-0.39, 0.29) is 5.56 Å². The zero-order valence-electron chi connectivity index (χ0n) is 10.5. The third kappa shape index (κ3) is 2.75. The highest BCUT2D eigenvalue weighted by Gasteiger charge is 2.20. The van der Waals surface area contributed by atoms with Gasteiger partial charge in [0.25, 0.3) is 0 Å². The number of rotatable bonds is 5. The molecule has 0 bridgehead atoms. The first-order valence-electron chi connectivity index (χ1n) is 6.25. The lowest BCUT2D eigenvalue weighted by atomic mass is 10.1. The van der Waals surface area contributed by atoms with Crippen molar-refractivity contribution in [2.75, 3.05) is 13.7 Å². The summed E-state index contributed by atoms with van der Waals surface area (Å²) in [5.74, 6) is 0.374. The largest absolute Gasteiger partial charge is 0.493 e. The van der Waals surface area contributed by atoms with Crippen molar-refractivity contribution in [2.45, 2.75) is 25.7 Å². The number of ether oxygens (including phenoxy) is 2. The van der Waals surface area contributed by atoms with Gasteiger partial charge in [-0.3, -0.25) is 0 Å². The lowest BCUT2D eigenvalue weighted by Gasteiger charge is -2.15. The van der Waals surface area contributed by atoms with Crippen molar-refractivity contribution in [3.8, 4) is 11.5 Å². The van der Waals surface area contributed by atoms with Crippen LogP contribution in [0, 0.1) is 5.92 Å². The smallest absolute Gasteiger partial charge is 0.339 e. The molecule has 0 aliphatic heterocycles. The average molecular weight is 250 g/mol. The summed E-state index contributed by atoms with van der Waals surface area (Å²) in [6, 6.07) is 4.91. The molecule has 1 aliphatic carbocycles. The second-order valence-electron chi connectivity index (χ2n) is 4.60. The van der Waals surface area contributed by atoms with Gasteiger partial charge in [-0.15, -0.1) is 0 Å². The van der Waals surface area contributed by atoms with Crippen molar-refractivity contribution in [3.63, 3.8) is 0 Å². The second kappa shape index (κ2) is 5.76. The van der Waals surface area contributed by atoms with Gasteiger partial charge in [0.15, 0.2) is 11.5 Å². The molecule has 0 atom stereocenters. The van der Waals surface area contributed by atoms with Crippen molar-refractivity contribution >= 4 is 5.97 Å². The van der Waals surface area contributed by atoms with Gasteiger partial charge in [0.2, 0.25) is 0 Å². The Labute approximate surface area is 107 Å². The number of aromatic carboxylic acids is 1. The molecular formula is C14H18O4. The summed E-state index contributed by atoms with van der Waals surface area (Å²) in [5, 5.41) is 9.14. The molecule has 1 fully saturated rings. The molecule has 0 heterocycles. The van der Waals surface area contributed by atoms with E-state index in [0.717, 1.165) is 12.8 Å². The Bertz CT molecular complexity index is 422. The predicted octanol–water partition coefficient (Wildman–Crippen LogP) is 2.96. The van der Waals surface area contributed by atoms with Crippen LogP contribution in [0.15, 0.2) is 18.2 Å². The number of carbonyl (C=O) groups is 1. The summed E-state index contributed by atoms with van der Waals surface area (Å²) in [5.41, 5.74) is 0.160. The number of hydrogen-bond acceptors (Lipinski definition) is 3. The van der Waals surface area contributed by atoms with Gasteiger partial charge >= 0.3 is 5.97 Å². The van der Waals surface area contributed by atoms with Gasteiger partial charge in [0.05, 0.1) is 13.7 Å². The fourth-order valence-corrected chi connectivity index (χ4v) is 2.37. The molecular weight excluding hydrogens is 232 g/mol. The van der Waals surface area contributed by atoms with Crippen LogP contribution in [0.5, 0.6) is 11.5 Å². The highest BCUT2D eigenvalue weighted by atomic mass is 16.5. The minimum Gasteiger partial charge on any atom is -0.493 e. The van der Waals surface area contributed by atoms with Crippen LogP contribution in [0.4, 0.5) is 0 Å². The van der Waals surface area contributed by atoms with E-state index < -0.39 is 5.97 Å². The molecule has 1 aliphatic rings. The van der Waals surface area contributed by atoms with E-state index in [1.807, 2.05) is 0 Å². The highest BCUT2D eigenvalue weighted by Crippen LogP contribution is 2.33. The normalized spacial score (nSPS) is 15.6. The Kier molecular flexibility index (Phi) is 4.07. The maximum absolute atomic E-state index is 11.2. The third-order valence-corrected chi connectivity index (χ3v) is 3.37. The first-order valence-corrected chi connectivity index (χ1v) is 6.25. The number of benzene rings is 1. The first-order chi connectivity index (χ1) is 8.72. The van der Waals surface area contributed by atoms with E-state index >= 15 is 0 Å². The van der Waals surface area contributed by atoms with Crippen LogP contribution in [-0.2, 0) is 0 Å². The van der Waals surface area contributed by atoms with Crippen LogP contribution in [0.2, 0.25) is 0 Å². The monoisotopic (exact) mass is 250 g/mol. The van der Waals surface area contributed by atoms with E-state index in [1.54, 1.807) is 12.1 Å². The number of carboxylic acids is 1. The van der Waals surface area contributed by atoms with Crippen molar-refractivity contribution in [1.29, 1.82) is 0 Å². The molecule has 1 aromatic carbocycles. The van der Waals surface area contributed by atoms with E-state index in [0.29, 0.717) is 24.0 Å². The lowest BCUT2D eigenvalue weighted by molar-refractivity contribution is 0.0690. The van der Waals surface area contributed by atoms with Crippen LogP contribution in [0.3, 0.4) is 0 Å². The second-order valence-corrected chi connectivity index (χ2v) is 4.60. The fourth-order valence-electron chi connectivity index (χ4n) is 2.37. The standard InChI is InChI=1S/C14H18O4/c1-17-12-8-4-7-11(14(15)16)13(12)18-9-10-5-2-3-6-10/h4,7-8,10H,2-3,5-6,9H2,1H3,(H,15,16). The van der Waals surface area contributed by atoms with Gasteiger partial charge in [-0.05, 0) is 30.9 Å². The topological polar surface area (TPSA) is 55.8 Å². The Morgan fingerprint density at radius 2 is 2.11 bits per heavy atom. The van der Waals surface area contributed by atoms with Gasteiger partial charge in [0.1, 0.15) is 5.56 Å². The highest BCUT2D eigenvalue weighted by molar-refractivity contribution is 5.92. The zero-order chi connectivity index (χ0) is 13.0. The number of hydrogen-bond donors (Lipinski definition) is 1. The molecule has 0 radical (unpaired) electrons. The average Bonchev–Trinajstić information content (AvgIpc) is 2.88. The molecule has 0 unspecified atom stereocenters. The molecule has 98 valence electrons. The Hall–Kier alpha value is -1.71. The van der Waals surface area contributed by atoms with E-state index in [1.165, 1.54) is 26.0 Å². The first kappa shape index (κ1) is 12.7. The van der Waals surface area contributed by atoms with Crippen molar-refractivity contribution in [2.24, 2.45) is 5.92 Å². The number of methoxy groups -OCH3 is 1. The summed E-state index contributed by atoms with van der Waals surface area (Å²) in [7, 11) is 1.52. The summed E-state index contributed by atoms with van der Waals surface area (Å²) < 4.78 is 10.9. The quantitative estimate of drug-likeness (QED) is 0.872. The molecule has 2 rings (SSSR count). The molecule has 18 heavy (non-hydrogen) atoms. The Balaban J connectivity index is 2.15. The van der Waals surface area contributed by atoms with Crippen molar-refractivity contribution in [3.05, 3.63) is 23.8 Å². The predicted molar refractivity (Wildman–Crippen MR) is 67.4 cm³/mol. The number of para-hydroxylation sites is 1. The molecule has 0 aromatic heterocycles. The van der Waals surface area contributed by atoms with Crippen LogP contribution in [-0.4, -0.2) is 24.8 Å². The van der Waals surface area contributed by atoms with Gasteiger partial charge in [-0.1, -0.05) is 18.9 Å². The lowest BCUT2D eigenvalue weighted by Crippen LogP contribution is -2.11. The summed E-state index contributed by atoms with van der Waals surface area (Å²) in [4.78, 5) is 11.2. The molecule has 0 spiro atoms. The minimum atomic E-state index is -0.990. The zero-order valence-corrected chi connectivity index (χ0v) is 10.5. The van der Waals surface area contributed by atoms with Gasteiger partial charge in [0, 0.05) is 0 Å². The fraction of sp³-hybridized carbons (Fsp3) is 0.500. The third-order valence-electron chi connectivity index (χ3n) is 3.37. The molecule has 1 N–H and O–H groups in total. The van der Waals surface area contributed by atoms with E-state index in [2.05, 4.69) is 0 Å². The van der Waals surface area contributed by atoms with E-state index in [4.69, 9.17) is 14.6 Å². The molecule has 1 saturated carbocycles. The van der Waals surface area contributed by atoms with E-state index in [9.17, 15) is 4.79 Å². The number of carboxylic acid groups (broad SMARTS) is 1. The maximum atomic E-state index is 11.2. The van der Waals surface area contributed by atoms with Crippen LogP contribution >= 0.6 is 0 Å². The van der Waals surface area contributed by atoms with Gasteiger partial charge in [-0.25, -0.2) is 4.79 Å². The molecule has 0 amide bonds. The van der Waals surface area contributed by atoms with Gasteiger partial charge in [-0.2, -0.15) is 0 Å². The molecule has 4 nitrogen and oxygen atoms in total. The van der Waals surface area contributed by atoms with Crippen LogP contribution < -0.4 is 9.47 Å². The van der Waals surface area contributed by atoms with Crippen LogP contribution in [0.25, 0.3) is 0 Å². The minimum absolute atomic E-state index is 0.160. The molecule has 4 heteroatoms. The van der Waals surface area contributed by atoms with Gasteiger partial charge < -0.3 is 14.6 Å². The van der Waals surface area contributed by atoms with Crippen molar-refractivity contribution < 1.29 is 19.4 Å². The Morgan fingerprint density at radius 3 is 2.72 bits per heavy atom. The summed E-state index contributed by atoms with van der Waals surface area (Å²) in [6.45, 7) is 0.570. The summed E-state index contributed by atoms with van der Waals surface area (Å²) >= 11 is 0. The van der Waals surface area contributed by atoms with Crippen LogP contribution in [0.1, 0.15) is 36.0 Å². The summed E-state index contributed by atoms with van der Waals surface area (Å²) in [6.07, 6.45) is 4.81. The Morgan fingerprint density at radius 1 is 1.39 bits per heavy atom. The maximum Gasteiger partial charge on any atom is 0.339 e. The van der Waals surface area contributed by atoms with Crippen molar-refractivity contribution in [1.82, 2.24) is 0 Å².